The third-order valence-electron chi connectivity index (χ3n) is 3.89. The summed E-state index contributed by atoms with van der Waals surface area (Å²) in [5, 5.41) is 11.4. The molecular weight excluding hydrogens is 562 g/mol. The van der Waals surface area contributed by atoms with Gasteiger partial charge in [0.2, 0.25) is 0 Å². The topological polar surface area (TPSA) is 95.9 Å². The number of benzene rings is 2. The molecule has 1 saturated heterocycles. The first-order valence-corrected chi connectivity index (χ1v) is 10.0. The number of carboxylic acid groups (broad SMARTS) is 1. The molecule has 3 amide bonds. The van der Waals surface area contributed by atoms with Crippen LogP contribution in [0.1, 0.15) is 11.1 Å². The van der Waals surface area contributed by atoms with E-state index in [1.807, 2.05) is 0 Å². The van der Waals surface area contributed by atoms with Crippen LogP contribution < -0.4 is 10.1 Å². The number of aliphatic carboxylic acids is 1. The summed E-state index contributed by atoms with van der Waals surface area (Å²) < 4.78 is 19.7. The van der Waals surface area contributed by atoms with E-state index in [-0.39, 0.29) is 18.0 Å². The molecule has 0 spiro atoms. The summed E-state index contributed by atoms with van der Waals surface area (Å²) in [6.07, 6.45) is 1.43. The van der Waals surface area contributed by atoms with Crippen LogP contribution in [0.15, 0.2) is 46.6 Å². The number of hydrogen-bond donors (Lipinski definition) is 2. The van der Waals surface area contributed by atoms with E-state index >= 15 is 0 Å². The number of carbonyl (C=O) groups excluding carboxylic acids is 2. The molecule has 0 atom stereocenters. The Morgan fingerprint density at radius 2 is 1.97 bits per heavy atom. The van der Waals surface area contributed by atoms with Gasteiger partial charge in [-0.1, -0.05) is 12.1 Å². The average molecular weight is 575 g/mol. The Morgan fingerprint density at radius 1 is 1.28 bits per heavy atom. The quantitative estimate of drug-likeness (QED) is 0.311. The Hall–Kier alpha value is -2.47. The third-order valence-corrected chi connectivity index (χ3v) is 5.11. The number of carbonyl (C=O) groups is 3. The van der Waals surface area contributed by atoms with Gasteiger partial charge in [-0.25, -0.2) is 14.0 Å². The maximum absolute atomic E-state index is 13.1. The first kappa shape index (κ1) is 21.2. The molecule has 0 radical (unpaired) electrons. The van der Waals surface area contributed by atoms with Crippen molar-refractivity contribution in [2.24, 2.45) is 0 Å². The molecule has 0 unspecified atom stereocenters. The minimum absolute atomic E-state index is 0.0132. The predicted octanol–water partition coefficient (Wildman–Crippen LogP) is 3.75. The molecule has 2 aromatic rings. The zero-order chi connectivity index (χ0) is 21.1. The molecule has 7 nitrogen and oxygen atoms in total. The highest BCUT2D eigenvalue weighted by Gasteiger charge is 2.33. The highest BCUT2D eigenvalue weighted by Crippen LogP contribution is 2.33. The van der Waals surface area contributed by atoms with Gasteiger partial charge in [-0.2, -0.15) is 0 Å². The SMILES string of the molecule is O=C(O)COc1c(Br)cc(I)cc1/C=C1/NC(=O)N(Cc2ccc(F)cc2)C1=O. The van der Waals surface area contributed by atoms with Crippen LogP contribution in [0, 0.1) is 9.39 Å². The molecule has 1 aliphatic heterocycles. The van der Waals surface area contributed by atoms with Gasteiger partial charge in [0.25, 0.3) is 5.91 Å². The molecule has 1 fully saturated rings. The second-order valence-corrected chi connectivity index (χ2v) is 8.09. The summed E-state index contributed by atoms with van der Waals surface area (Å²) in [4.78, 5) is 36.8. The zero-order valence-corrected chi connectivity index (χ0v) is 18.4. The largest absolute Gasteiger partial charge is 0.480 e. The van der Waals surface area contributed by atoms with E-state index in [1.54, 1.807) is 12.1 Å². The lowest BCUT2D eigenvalue weighted by Crippen LogP contribution is -2.30. The summed E-state index contributed by atoms with van der Waals surface area (Å²) in [5.74, 6) is -1.88. The summed E-state index contributed by atoms with van der Waals surface area (Å²) in [6, 6.07) is 8.30. The van der Waals surface area contributed by atoms with Crippen LogP contribution in [0.4, 0.5) is 9.18 Å². The van der Waals surface area contributed by atoms with Crippen molar-refractivity contribution in [1.29, 1.82) is 0 Å². The molecule has 150 valence electrons. The highest BCUT2D eigenvalue weighted by atomic mass is 127. The maximum Gasteiger partial charge on any atom is 0.341 e. The van der Waals surface area contributed by atoms with Gasteiger partial charge in [-0.15, -0.1) is 0 Å². The van der Waals surface area contributed by atoms with E-state index < -0.39 is 30.3 Å². The first-order chi connectivity index (χ1) is 13.7. The van der Waals surface area contributed by atoms with Crippen molar-refractivity contribution in [3.63, 3.8) is 0 Å². The van der Waals surface area contributed by atoms with Crippen LogP contribution >= 0.6 is 38.5 Å². The van der Waals surface area contributed by atoms with Crippen molar-refractivity contribution in [2.45, 2.75) is 6.54 Å². The number of rotatable bonds is 6. The van der Waals surface area contributed by atoms with Crippen molar-refractivity contribution < 1.29 is 28.6 Å². The van der Waals surface area contributed by atoms with Crippen LogP contribution in [0.3, 0.4) is 0 Å². The predicted molar refractivity (Wildman–Crippen MR) is 113 cm³/mol. The molecule has 0 saturated carbocycles. The smallest absolute Gasteiger partial charge is 0.341 e. The number of urea groups is 1. The lowest BCUT2D eigenvalue weighted by Gasteiger charge is -2.12. The number of nitrogens with zero attached hydrogens (tertiary/aromatic N) is 1. The monoisotopic (exact) mass is 574 g/mol. The molecule has 10 heteroatoms. The Bertz CT molecular complexity index is 1030. The van der Waals surface area contributed by atoms with Crippen LogP contribution in [-0.4, -0.2) is 34.5 Å². The van der Waals surface area contributed by atoms with Gasteiger partial charge in [-0.05, 0) is 74.4 Å². The summed E-state index contributed by atoms with van der Waals surface area (Å²) in [7, 11) is 0. The fraction of sp³-hybridized carbons (Fsp3) is 0.105. The molecule has 0 aromatic heterocycles. The van der Waals surface area contributed by atoms with Gasteiger partial charge in [0.1, 0.15) is 17.3 Å². The highest BCUT2D eigenvalue weighted by molar-refractivity contribution is 14.1. The molecule has 2 N–H and O–H groups in total. The molecule has 0 aliphatic carbocycles. The van der Waals surface area contributed by atoms with Gasteiger partial charge in [-0.3, -0.25) is 9.69 Å². The van der Waals surface area contributed by atoms with Gasteiger partial charge >= 0.3 is 12.0 Å². The summed E-state index contributed by atoms with van der Waals surface area (Å²) in [6.45, 7) is -0.576. The molecule has 3 rings (SSSR count). The maximum atomic E-state index is 13.1. The minimum Gasteiger partial charge on any atom is -0.480 e. The average Bonchev–Trinajstić information content (AvgIpc) is 2.90. The number of halogens is 3. The van der Waals surface area contributed by atoms with Crippen molar-refractivity contribution in [3.05, 3.63) is 67.1 Å². The van der Waals surface area contributed by atoms with E-state index in [2.05, 4.69) is 43.8 Å². The van der Waals surface area contributed by atoms with E-state index in [9.17, 15) is 18.8 Å². The van der Waals surface area contributed by atoms with Crippen molar-refractivity contribution in [3.8, 4) is 5.75 Å². The van der Waals surface area contributed by atoms with Gasteiger partial charge < -0.3 is 15.2 Å². The number of imide groups is 1. The molecular formula is C19H13BrFIN2O5. The molecule has 29 heavy (non-hydrogen) atoms. The number of hydrogen-bond acceptors (Lipinski definition) is 4. The normalized spacial score (nSPS) is 15.0. The Kier molecular flexibility index (Phi) is 6.52. The zero-order valence-electron chi connectivity index (χ0n) is 14.6. The second-order valence-electron chi connectivity index (χ2n) is 5.99. The Balaban J connectivity index is 1.89. The summed E-state index contributed by atoms with van der Waals surface area (Å²) in [5.41, 5.74) is 1.04. The minimum atomic E-state index is -1.15. The third kappa shape index (κ3) is 5.12. The fourth-order valence-electron chi connectivity index (χ4n) is 2.62. The molecule has 1 heterocycles. The van der Waals surface area contributed by atoms with Crippen LogP contribution in [0.5, 0.6) is 5.75 Å². The van der Waals surface area contributed by atoms with E-state index in [1.165, 1.54) is 30.3 Å². The van der Waals surface area contributed by atoms with Gasteiger partial charge in [0.15, 0.2) is 6.61 Å². The van der Waals surface area contributed by atoms with E-state index in [4.69, 9.17) is 9.84 Å². The lowest BCUT2D eigenvalue weighted by atomic mass is 10.1. The van der Waals surface area contributed by atoms with Crippen LogP contribution in [-0.2, 0) is 16.1 Å². The number of ether oxygens (including phenoxy) is 1. The van der Waals surface area contributed by atoms with Crippen molar-refractivity contribution >= 4 is 62.5 Å². The molecule has 2 aromatic carbocycles. The van der Waals surface area contributed by atoms with Gasteiger partial charge in [0.05, 0.1) is 11.0 Å². The standard InChI is InChI=1S/C19H13BrFIN2O5/c20-14-7-13(22)5-11(17(14)29-9-16(25)26)6-15-18(27)24(19(28)23-15)8-10-1-3-12(21)4-2-10/h1-7H,8-9H2,(H,23,28)(H,25,26)/b15-6+. The second kappa shape index (κ2) is 8.91. The Labute approximate surface area is 186 Å². The van der Waals surface area contributed by atoms with Crippen molar-refractivity contribution in [2.75, 3.05) is 6.61 Å². The number of nitrogens with one attached hydrogen (secondary N) is 1. The van der Waals surface area contributed by atoms with Crippen LogP contribution in [0.2, 0.25) is 0 Å². The lowest BCUT2D eigenvalue weighted by molar-refractivity contribution is -0.139. The van der Waals surface area contributed by atoms with Crippen molar-refractivity contribution in [1.82, 2.24) is 10.2 Å². The first-order valence-electron chi connectivity index (χ1n) is 8.17. The van der Waals surface area contributed by atoms with Gasteiger partial charge in [0, 0.05) is 9.13 Å². The van der Waals surface area contributed by atoms with E-state index in [0.29, 0.717) is 15.6 Å². The fourth-order valence-corrected chi connectivity index (χ4v) is 4.28. The number of amides is 3. The molecule has 0 bridgehead atoms. The van der Waals surface area contributed by atoms with Crippen LogP contribution in [0.25, 0.3) is 6.08 Å². The van der Waals surface area contributed by atoms with E-state index in [0.717, 1.165) is 8.47 Å². The Morgan fingerprint density at radius 3 is 2.62 bits per heavy atom. The molecule has 1 aliphatic rings. The summed E-state index contributed by atoms with van der Waals surface area (Å²) >= 11 is 5.38. The number of carboxylic acids is 1.